The molecule has 0 bridgehead atoms. The Morgan fingerprint density at radius 2 is 1.80 bits per heavy atom. The third-order valence-electron chi connectivity index (χ3n) is 7.50. The predicted octanol–water partition coefficient (Wildman–Crippen LogP) is 4.22. The van der Waals surface area contributed by atoms with Crippen LogP contribution in [0.3, 0.4) is 0 Å². The zero-order valence-electron chi connectivity index (χ0n) is 20.0. The number of carbonyl (C=O) groups excluding carboxylic acids is 1. The van der Waals surface area contributed by atoms with Crippen molar-refractivity contribution < 1.29 is 13.2 Å². The summed E-state index contributed by atoms with van der Waals surface area (Å²) in [5, 5.41) is 8.45. The van der Waals surface area contributed by atoms with E-state index in [4.69, 9.17) is 4.98 Å². The van der Waals surface area contributed by atoms with Crippen molar-refractivity contribution in [2.75, 3.05) is 34.8 Å². The van der Waals surface area contributed by atoms with Crippen LogP contribution in [0.5, 0.6) is 0 Å². The first kappa shape index (κ1) is 22.5. The number of carbonyl (C=O) groups is 1. The Kier molecular flexibility index (Phi) is 5.55. The van der Waals surface area contributed by atoms with Gasteiger partial charge in [0.15, 0.2) is 15.5 Å². The Balaban J connectivity index is 1.32. The zero-order valence-corrected chi connectivity index (χ0v) is 20.9. The maximum atomic E-state index is 13.5. The van der Waals surface area contributed by atoms with Crippen molar-refractivity contribution in [3.05, 3.63) is 47.3 Å². The van der Waals surface area contributed by atoms with Crippen molar-refractivity contribution in [2.24, 2.45) is 0 Å². The third-order valence-corrected chi connectivity index (χ3v) is 9.25. The summed E-state index contributed by atoms with van der Waals surface area (Å²) in [6.45, 7) is 4.03. The van der Waals surface area contributed by atoms with E-state index in [0.717, 1.165) is 37.3 Å². The number of hydrogen-bond donors (Lipinski definition) is 1. The van der Waals surface area contributed by atoms with Crippen LogP contribution < -0.4 is 10.2 Å². The molecule has 0 spiro atoms. The lowest BCUT2D eigenvalue weighted by Crippen LogP contribution is -2.29. The molecular formula is C26H31N5O3S. The van der Waals surface area contributed by atoms with E-state index in [0.29, 0.717) is 34.6 Å². The van der Waals surface area contributed by atoms with Crippen molar-refractivity contribution in [3.8, 4) is 0 Å². The maximum Gasteiger partial charge on any atom is 0.256 e. The van der Waals surface area contributed by atoms with Gasteiger partial charge in [-0.1, -0.05) is 0 Å². The van der Waals surface area contributed by atoms with E-state index >= 15 is 0 Å². The Labute approximate surface area is 205 Å². The number of piperidine rings is 1. The molecule has 2 aliphatic heterocycles. The van der Waals surface area contributed by atoms with Crippen LogP contribution in [-0.2, 0) is 9.84 Å². The second-order valence-electron chi connectivity index (χ2n) is 10.2. The van der Waals surface area contributed by atoms with Crippen LogP contribution in [0.1, 0.15) is 72.2 Å². The number of hydrogen-bond acceptors (Lipinski definition) is 6. The molecule has 35 heavy (non-hydrogen) atoms. The molecule has 184 valence electrons. The lowest BCUT2D eigenvalue weighted by Gasteiger charge is -2.28. The van der Waals surface area contributed by atoms with Gasteiger partial charge in [-0.2, -0.15) is 5.10 Å². The number of amides is 1. The number of aromatic nitrogens is 3. The highest BCUT2D eigenvalue weighted by Crippen LogP contribution is 2.41. The Morgan fingerprint density at radius 3 is 2.46 bits per heavy atom. The number of nitrogens with one attached hydrogen (secondary N) is 1. The van der Waals surface area contributed by atoms with Crippen LogP contribution in [0, 0.1) is 6.92 Å². The molecule has 4 heterocycles. The molecule has 2 aromatic heterocycles. The molecule has 0 radical (unpaired) electrons. The van der Waals surface area contributed by atoms with E-state index in [2.05, 4.69) is 27.4 Å². The number of benzene rings is 1. The minimum absolute atomic E-state index is 0.0729. The SMILES string of the molecule is Cc1nn([C@H]2CCS(=O)(=O)C2)c2nc(C3CC3)cc(C(=O)Nc3ccc(N4CCCCC4)cc3)c12. The summed E-state index contributed by atoms with van der Waals surface area (Å²) >= 11 is 0. The van der Waals surface area contributed by atoms with Crippen molar-refractivity contribution in [2.45, 2.75) is 57.4 Å². The van der Waals surface area contributed by atoms with Gasteiger partial charge in [-0.05, 0) is 75.8 Å². The van der Waals surface area contributed by atoms with Gasteiger partial charge >= 0.3 is 0 Å². The van der Waals surface area contributed by atoms with Crippen LogP contribution in [0.15, 0.2) is 30.3 Å². The van der Waals surface area contributed by atoms with E-state index in [9.17, 15) is 13.2 Å². The molecular weight excluding hydrogens is 462 g/mol. The van der Waals surface area contributed by atoms with Gasteiger partial charge in [-0.3, -0.25) is 4.79 Å². The average molecular weight is 494 g/mol. The Hall–Kier alpha value is -2.94. The molecule has 1 amide bonds. The minimum atomic E-state index is -3.07. The second-order valence-corrected chi connectivity index (χ2v) is 12.4. The molecule has 0 unspecified atom stereocenters. The Bertz CT molecular complexity index is 1390. The fourth-order valence-electron chi connectivity index (χ4n) is 5.43. The standard InChI is InChI=1S/C26H31N5O3S/c1-17-24-22(26(32)27-19-7-9-20(10-8-19)30-12-3-2-4-13-30)15-23(18-5-6-18)28-25(24)31(29-17)21-11-14-35(33,34)16-21/h7-10,15,18,21H,2-6,11-14,16H2,1H3,(H,27,32)/t21-/m0/s1. The van der Waals surface area contributed by atoms with Gasteiger partial charge in [0.25, 0.3) is 5.91 Å². The lowest BCUT2D eigenvalue weighted by atomic mass is 10.1. The van der Waals surface area contributed by atoms with E-state index in [1.54, 1.807) is 4.68 Å². The summed E-state index contributed by atoms with van der Waals surface area (Å²) in [6.07, 6.45) is 6.38. The summed E-state index contributed by atoms with van der Waals surface area (Å²) in [5.41, 5.74) is 4.71. The highest BCUT2D eigenvalue weighted by molar-refractivity contribution is 7.91. The first-order valence-corrected chi connectivity index (χ1v) is 14.5. The maximum absolute atomic E-state index is 13.5. The van der Waals surface area contributed by atoms with Gasteiger partial charge < -0.3 is 10.2 Å². The van der Waals surface area contributed by atoms with Crippen LogP contribution in [0.25, 0.3) is 11.0 Å². The van der Waals surface area contributed by atoms with Gasteiger partial charge in [0, 0.05) is 36.1 Å². The molecule has 2 saturated heterocycles. The normalized spacial score (nSPS) is 22.0. The smallest absolute Gasteiger partial charge is 0.256 e. The van der Waals surface area contributed by atoms with Gasteiger partial charge in [0.2, 0.25) is 0 Å². The topological polar surface area (TPSA) is 97.2 Å². The number of aryl methyl sites for hydroxylation is 1. The molecule has 1 N–H and O–H groups in total. The Morgan fingerprint density at radius 1 is 1.06 bits per heavy atom. The van der Waals surface area contributed by atoms with Gasteiger partial charge in [-0.25, -0.2) is 18.1 Å². The number of pyridine rings is 1. The van der Waals surface area contributed by atoms with Crippen LogP contribution >= 0.6 is 0 Å². The molecule has 3 fully saturated rings. The fourth-order valence-corrected chi connectivity index (χ4v) is 7.12. The molecule has 9 heteroatoms. The first-order chi connectivity index (χ1) is 16.9. The summed E-state index contributed by atoms with van der Waals surface area (Å²) < 4.78 is 26.0. The fraction of sp³-hybridized carbons (Fsp3) is 0.500. The lowest BCUT2D eigenvalue weighted by molar-refractivity contribution is 0.102. The third kappa shape index (κ3) is 4.42. The van der Waals surface area contributed by atoms with Gasteiger partial charge in [0.1, 0.15) is 0 Å². The number of sulfone groups is 1. The molecule has 1 aromatic carbocycles. The molecule has 6 rings (SSSR count). The van der Waals surface area contributed by atoms with E-state index in [1.807, 2.05) is 25.1 Å². The molecule has 3 aromatic rings. The second kappa shape index (κ2) is 8.62. The van der Waals surface area contributed by atoms with E-state index < -0.39 is 9.84 Å². The van der Waals surface area contributed by atoms with Crippen LogP contribution in [0.4, 0.5) is 11.4 Å². The highest BCUT2D eigenvalue weighted by Gasteiger charge is 2.34. The monoisotopic (exact) mass is 493 g/mol. The minimum Gasteiger partial charge on any atom is -0.372 e. The van der Waals surface area contributed by atoms with Crippen LogP contribution in [0.2, 0.25) is 0 Å². The molecule has 1 saturated carbocycles. The highest BCUT2D eigenvalue weighted by atomic mass is 32.2. The largest absolute Gasteiger partial charge is 0.372 e. The van der Waals surface area contributed by atoms with Crippen molar-refractivity contribution in [1.82, 2.24) is 14.8 Å². The van der Waals surface area contributed by atoms with Gasteiger partial charge in [0.05, 0.1) is 34.2 Å². The summed E-state index contributed by atoms with van der Waals surface area (Å²) in [7, 11) is -3.07. The number of anilines is 2. The van der Waals surface area contributed by atoms with Crippen molar-refractivity contribution in [1.29, 1.82) is 0 Å². The van der Waals surface area contributed by atoms with E-state index in [1.165, 1.54) is 24.9 Å². The average Bonchev–Trinajstić information content (AvgIpc) is 3.58. The molecule has 1 aliphatic carbocycles. The van der Waals surface area contributed by atoms with Crippen LogP contribution in [-0.4, -0.2) is 53.7 Å². The molecule has 8 nitrogen and oxygen atoms in total. The van der Waals surface area contributed by atoms with Gasteiger partial charge in [-0.15, -0.1) is 0 Å². The predicted molar refractivity (Wildman–Crippen MR) is 137 cm³/mol. The van der Waals surface area contributed by atoms with Crippen molar-refractivity contribution in [3.63, 3.8) is 0 Å². The van der Waals surface area contributed by atoms with E-state index in [-0.39, 0.29) is 23.5 Å². The number of fused-ring (bicyclic) bond motifs is 1. The van der Waals surface area contributed by atoms with Crippen molar-refractivity contribution >= 4 is 38.2 Å². The molecule has 1 atom stereocenters. The number of nitrogens with zero attached hydrogens (tertiary/aromatic N) is 4. The summed E-state index contributed by atoms with van der Waals surface area (Å²) in [6, 6.07) is 9.73. The molecule has 3 aliphatic rings. The summed E-state index contributed by atoms with van der Waals surface area (Å²) in [4.78, 5) is 20.8. The number of rotatable bonds is 5. The zero-order chi connectivity index (χ0) is 24.2. The first-order valence-electron chi connectivity index (χ1n) is 12.6. The quantitative estimate of drug-likeness (QED) is 0.572. The summed E-state index contributed by atoms with van der Waals surface area (Å²) in [5.74, 6) is 0.405.